The van der Waals surface area contributed by atoms with E-state index in [-0.39, 0.29) is 51.8 Å². The highest BCUT2D eigenvalue weighted by molar-refractivity contribution is 6.41. The minimum absolute atomic E-state index is 0.000771. The van der Waals surface area contributed by atoms with Crippen LogP contribution in [0.15, 0.2) is 36.0 Å². The Bertz CT molecular complexity index is 1470. The third-order valence-corrected chi connectivity index (χ3v) is 8.38. The molecule has 0 aromatic heterocycles. The zero-order valence-electron chi connectivity index (χ0n) is 22.6. The second kappa shape index (κ2) is 9.43. The lowest BCUT2D eigenvalue weighted by Crippen LogP contribution is -2.48. The highest BCUT2D eigenvalue weighted by Crippen LogP contribution is 2.53. The lowest BCUT2D eigenvalue weighted by molar-refractivity contribution is -0.216. The van der Waals surface area contributed by atoms with E-state index in [1.165, 1.54) is 18.2 Å². The average Bonchev–Trinajstić information content (AvgIpc) is 3.26. The van der Waals surface area contributed by atoms with E-state index in [0.717, 1.165) is 0 Å². The summed E-state index contributed by atoms with van der Waals surface area (Å²) < 4.78 is 17.5. The number of aryl methyl sites for hydroxylation is 1. The molecule has 3 aliphatic heterocycles. The number of rotatable bonds is 4. The number of carbonyl (C=O) groups is 3. The molecule has 6 rings (SSSR count). The van der Waals surface area contributed by atoms with Gasteiger partial charge in [-0.25, -0.2) is 4.79 Å². The zero-order chi connectivity index (χ0) is 28.6. The van der Waals surface area contributed by atoms with Gasteiger partial charge in [-0.2, -0.15) is 0 Å². The molecule has 0 bridgehead atoms. The van der Waals surface area contributed by atoms with Crippen molar-refractivity contribution < 1.29 is 43.9 Å². The maximum Gasteiger partial charge on any atom is 0.331 e. The van der Waals surface area contributed by atoms with Gasteiger partial charge in [0.2, 0.25) is 18.3 Å². The molecule has 2 aromatic carbocycles. The van der Waals surface area contributed by atoms with Gasteiger partial charge in [-0.3, -0.25) is 9.59 Å². The first-order valence-corrected chi connectivity index (χ1v) is 13.5. The average molecular weight is 550 g/mol. The van der Waals surface area contributed by atoms with Crippen LogP contribution < -0.4 is 4.74 Å². The molecule has 1 unspecified atom stereocenters. The maximum atomic E-state index is 14.4. The van der Waals surface area contributed by atoms with Crippen LogP contribution in [0.1, 0.15) is 77.2 Å². The molecule has 210 valence electrons. The lowest BCUT2D eigenvalue weighted by Gasteiger charge is -2.40. The summed E-state index contributed by atoms with van der Waals surface area (Å²) in [5, 5.41) is 31.3. The molecular weight excluding hydrogens is 518 g/mol. The topological polar surface area (TPSA) is 143 Å². The Morgan fingerprint density at radius 3 is 2.58 bits per heavy atom. The number of ether oxygens (including phenoxy) is 3. The van der Waals surface area contributed by atoms with Crippen LogP contribution in [0.2, 0.25) is 0 Å². The first-order chi connectivity index (χ1) is 19.0. The highest BCUT2D eigenvalue weighted by Gasteiger charge is 2.55. The summed E-state index contributed by atoms with van der Waals surface area (Å²) >= 11 is 0. The molecule has 2 fully saturated rings. The molecular formula is C30H31NO9. The summed E-state index contributed by atoms with van der Waals surface area (Å²) in [6.07, 6.45) is -4.28. The number of benzene rings is 2. The van der Waals surface area contributed by atoms with Crippen molar-refractivity contribution in [1.82, 2.24) is 4.90 Å². The van der Waals surface area contributed by atoms with Crippen LogP contribution in [-0.4, -0.2) is 68.4 Å². The Kier molecular flexibility index (Phi) is 6.25. The quantitative estimate of drug-likeness (QED) is 0.487. The zero-order valence-corrected chi connectivity index (χ0v) is 22.6. The highest BCUT2D eigenvalue weighted by atomic mass is 16.7. The van der Waals surface area contributed by atoms with Crippen LogP contribution in [0.5, 0.6) is 11.5 Å². The maximum absolute atomic E-state index is 14.4. The van der Waals surface area contributed by atoms with E-state index < -0.39 is 54.4 Å². The fraction of sp³-hybridized carbons (Fsp3) is 0.433. The van der Waals surface area contributed by atoms with E-state index >= 15 is 0 Å². The van der Waals surface area contributed by atoms with Gasteiger partial charge in [0.25, 0.3) is 0 Å². The third kappa shape index (κ3) is 3.77. The summed E-state index contributed by atoms with van der Waals surface area (Å²) in [5.41, 5.74) is 1.42. The van der Waals surface area contributed by atoms with Crippen LogP contribution in [0, 0.1) is 12.8 Å². The Morgan fingerprint density at radius 1 is 1.12 bits per heavy atom. The number of nitrogens with zero attached hydrogens (tertiary/aromatic N) is 1. The molecule has 10 heteroatoms. The molecule has 3 heterocycles. The summed E-state index contributed by atoms with van der Waals surface area (Å²) in [7, 11) is 0. The van der Waals surface area contributed by atoms with E-state index in [1.807, 2.05) is 13.8 Å². The number of esters is 1. The molecule has 40 heavy (non-hydrogen) atoms. The smallest absolute Gasteiger partial charge is 0.331 e. The molecule has 0 amide bonds. The largest absolute Gasteiger partial charge is 0.507 e. The molecule has 4 aliphatic rings. The number of hydrogen-bond donors (Lipinski definition) is 3. The van der Waals surface area contributed by atoms with Crippen molar-refractivity contribution in [3.05, 3.63) is 63.8 Å². The molecule has 2 aromatic rings. The van der Waals surface area contributed by atoms with Crippen LogP contribution in [0.25, 0.3) is 5.57 Å². The second-order valence-corrected chi connectivity index (χ2v) is 11.0. The molecule has 0 radical (unpaired) electrons. The Labute approximate surface area is 230 Å². The van der Waals surface area contributed by atoms with Crippen molar-refractivity contribution in [2.24, 2.45) is 5.92 Å². The molecule has 2 saturated heterocycles. The number of hydrogen-bond acceptors (Lipinski definition) is 10. The molecule has 7 atom stereocenters. The van der Waals surface area contributed by atoms with Crippen molar-refractivity contribution >= 4 is 23.1 Å². The molecule has 1 aliphatic carbocycles. The molecule has 10 nitrogen and oxygen atoms in total. The molecule has 0 spiro atoms. The van der Waals surface area contributed by atoms with Gasteiger partial charge in [-0.05, 0) is 43.5 Å². The van der Waals surface area contributed by atoms with Crippen LogP contribution in [0.3, 0.4) is 0 Å². The lowest BCUT2D eigenvalue weighted by atomic mass is 9.77. The predicted octanol–water partition coefficient (Wildman–Crippen LogP) is 3.01. The van der Waals surface area contributed by atoms with E-state index in [4.69, 9.17) is 14.2 Å². The number of aromatic hydroxyl groups is 1. The Balaban J connectivity index is 1.52. The SMILES string of the molecule is CC[C@H](C)[C@H]1C(=O)OC2c3cc(C)cc(O)c3C3=C(C(=O)c4c(O[C@H]5C[C@@H](O)[C@@H](O)[C@H](C)O5)cccc4C3=O)N21. The van der Waals surface area contributed by atoms with Gasteiger partial charge in [0.05, 0.1) is 23.3 Å². The predicted molar refractivity (Wildman–Crippen MR) is 140 cm³/mol. The first-order valence-electron chi connectivity index (χ1n) is 13.5. The minimum atomic E-state index is -1.09. The summed E-state index contributed by atoms with van der Waals surface area (Å²) in [6, 6.07) is 7.08. The number of fused-ring (bicyclic) bond motifs is 6. The molecule has 3 N–H and O–H groups in total. The van der Waals surface area contributed by atoms with Crippen molar-refractivity contribution in [1.29, 1.82) is 0 Å². The fourth-order valence-electron chi connectivity index (χ4n) is 6.20. The number of Topliss-reactive ketones (excluding diaryl/α,β-unsaturated/α-hetero) is 2. The van der Waals surface area contributed by atoms with Crippen molar-refractivity contribution in [3.63, 3.8) is 0 Å². The third-order valence-electron chi connectivity index (χ3n) is 8.38. The van der Waals surface area contributed by atoms with Gasteiger partial charge in [0, 0.05) is 23.1 Å². The van der Waals surface area contributed by atoms with Crippen LogP contribution in [0.4, 0.5) is 0 Å². The minimum Gasteiger partial charge on any atom is -0.507 e. The van der Waals surface area contributed by atoms with Crippen molar-refractivity contribution in [3.8, 4) is 11.5 Å². The van der Waals surface area contributed by atoms with Crippen molar-refractivity contribution in [2.45, 2.75) is 77.4 Å². The summed E-state index contributed by atoms with van der Waals surface area (Å²) in [6.45, 7) is 7.20. The van der Waals surface area contributed by atoms with E-state index in [1.54, 1.807) is 30.9 Å². The first kappa shape index (κ1) is 26.5. The van der Waals surface area contributed by atoms with Gasteiger partial charge in [0.1, 0.15) is 29.3 Å². The second-order valence-electron chi connectivity index (χ2n) is 11.0. The van der Waals surface area contributed by atoms with E-state index in [9.17, 15) is 29.7 Å². The fourth-order valence-corrected chi connectivity index (χ4v) is 6.20. The number of ketones is 2. The number of aliphatic hydroxyl groups is 2. The van der Waals surface area contributed by atoms with Crippen LogP contribution in [-0.2, 0) is 14.3 Å². The van der Waals surface area contributed by atoms with E-state index in [0.29, 0.717) is 17.5 Å². The standard InChI is InChI=1S/C30H31NO9/c1-5-13(3)24-30(37)40-29-16-9-12(2)10-17(32)21(16)23-25(31(24)29)28(36)22-15(27(23)35)7-6-8-19(22)39-20-11-18(33)26(34)14(4)38-20/h6-10,13-14,18,20,24,26,29,32-34H,5,11H2,1-4H3/t13-,14-,18+,20-,24-,26-,29?/m0/s1. The normalized spacial score (nSPS) is 29.9. The van der Waals surface area contributed by atoms with Gasteiger partial charge in [-0.1, -0.05) is 32.4 Å². The van der Waals surface area contributed by atoms with Gasteiger partial charge >= 0.3 is 5.97 Å². The van der Waals surface area contributed by atoms with Crippen LogP contribution >= 0.6 is 0 Å². The summed E-state index contributed by atoms with van der Waals surface area (Å²) in [4.78, 5) is 43.4. The monoisotopic (exact) mass is 549 g/mol. The number of aliphatic hydroxyl groups excluding tert-OH is 2. The Morgan fingerprint density at radius 2 is 1.88 bits per heavy atom. The number of allylic oxidation sites excluding steroid dienone is 2. The molecule has 0 saturated carbocycles. The van der Waals surface area contributed by atoms with Crippen molar-refractivity contribution in [2.75, 3.05) is 0 Å². The number of carbonyl (C=O) groups excluding carboxylic acids is 3. The number of phenolic OH excluding ortho intramolecular Hbond substituents is 1. The van der Waals surface area contributed by atoms with Gasteiger partial charge in [0.15, 0.2) is 5.78 Å². The summed E-state index contributed by atoms with van der Waals surface area (Å²) in [5.74, 6) is -1.86. The van der Waals surface area contributed by atoms with Gasteiger partial charge < -0.3 is 34.4 Å². The van der Waals surface area contributed by atoms with Gasteiger partial charge in [-0.15, -0.1) is 0 Å². The Hall–Kier alpha value is -3.73. The number of phenols is 1. The van der Waals surface area contributed by atoms with E-state index in [2.05, 4.69) is 0 Å².